The van der Waals surface area contributed by atoms with Gasteiger partial charge in [0.25, 0.3) is 5.91 Å². The maximum Gasteiger partial charge on any atom is 0.253 e. The van der Waals surface area contributed by atoms with Crippen LogP contribution in [0.4, 0.5) is 0 Å². The number of rotatable bonds is 4. The number of piperidine rings is 1. The van der Waals surface area contributed by atoms with Gasteiger partial charge in [-0.15, -0.1) is 0 Å². The molecule has 0 unspecified atom stereocenters. The molecule has 1 N–H and O–H groups in total. The molecule has 2 aliphatic rings. The largest absolute Gasteiger partial charge is 0.390 e. The molecule has 1 aromatic rings. The van der Waals surface area contributed by atoms with Gasteiger partial charge in [0.05, 0.1) is 5.60 Å². The topological polar surface area (TPSA) is 40.5 Å². The molecule has 1 amide bonds. The van der Waals surface area contributed by atoms with Crippen LogP contribution in [-0.2, 0) is 6.42 Å². The quantitative estimate of drug-likeness (QED) is 0.921. The van der Waals surface area contributed by atoms with Crippen molar-refractivity contribution in [1.29, 1.82) is 0 Å². The molecule has 2 fully saturated rings. The number of likely N-dealkylation sites (tertiary alicyclic amines) is 1. The molecule has 1 heterocycles. The van der Waals surface area contributed by atoms with Gasteiger partial charge in [-0.05, 0) is 75.5 Å². The van der Waals surface area contributed by atoms with Gasteiger partial charge in [-0.2, -0.15) is 0 Å². The lowest BCUT2D eigenvalue weighted by molar-refractivity contribution is 0.0504. The monoisotopic (exact) mass is 315 g/mol. The molecule has 2 bridgehead atoms. The molecular formula is C20H29NO2. The van der Waals surface area contributed by atoms with E-state index in [9.17, 15) is 9.90 Å². The number of hydrogen-bond donors (Lipinski definition) is 1. The molecule has 2 atom stereocenters. The predicted molar refractivity (Wildman–Crippen MR) is 92.4 cm³/mol. The zero-order chi connectivity index (χ0) is 16.4. The molecule has 3 nitrogen and oxygen atoms in total. The average molecular weight is 315 g/mol. The predicted octanol–water partition coefficient (Wildman–Crippen LogP) is 3.65. The molecule has 3 heteroatoms. The highest BCUT2D eigenvalue weighted by Gasteiger charge is 2.32. The number of nitrogens with zero attached hydrogens (tertiary/aromatic N) is 1. The molecule has 1 saturated heterocycles. The van der Waals surface area contributed by atoms with E-state index in [1.807, 2.05) is 38.1 Å². The molecule has 3 rings (SSSR count). The second kappa shape index (κ2) is 6.64. The maximum absolute atomic E-state index is 12.7. The summed E-state index contributed by atoms with van der Waals surface area (Å²) in [4.78, 5) is 14.8. The standard InChI is InChI=1S/C20H29NO2/c1-20(2,23)11-10-15-6-8-18(9-7-15)19(22)21-13-16-4-3-5-17(12-16)14-21/h6-9,16-17,23H,3-5,10-14H2,1-2H3/t16-,17+. The molecule has 0 spiro atoms. The van der Waals surface area contributed by atoms with E-state index >= 15 is 0 Å². The second-order valence-electron chi connectivity index (χ2n) is 8.12. The van der Waals surface area contributed by atoms with Crippen LogP contribution in [0.2, 0.25) is 0 Å². The summed E-state index contributed by atoms with van der Waals surface area (Å²) in [7, 11) is 0. The maximum atomic E-state index is 12.7. The van der Waals surface area contributed by atoms with Crippen molar-refractivity contribution in [3.8, 4) is 0 Å². The molecule has 126 valence electrons. The highest BCUT2D eigenvalue weighted by molar-refractivity contribution is 5.94. The zero-order valence-electron chi connectivity index (χ0n) is 14.4. The Morgan fingerprint density at radius 2 is 1.78 bits per heavy atom. The second-order valence-corrected chi connectivity index (χ2v) is 8.12. The van der Waals surface area contributed by atoms with Crippen LogP contribution < -0.4 is 0 Å². The summed E-state index contributed by atoms with van der Waals surface area (Å²) in [6.07, 6.45) is 6.81. The van der Waals surface area contributed by atoms with Crippen LogP contribution in [-0.4, -0.2) is 34.6 Å². The first-order chi connectivity index (χ1) is 10.9. The number of carbonyl (C=O) groups excluding carboxylic acids is 1. The fraction of sp³-hybridized carbons (Fsp3) is 0.650. The number of carbonyl (C=O) groups is 1. The SMILES string of the molecule is CC(C)(O)CCc1ccc(C(=O)N2C[C@@H]3CCC[C@@H](C3)C2)cc1. The van der Waals surface area contributed by atoms with Crippen LogP contribution in [0.25, 0.3) is 0 Å². The van der Waals surface area contributed by atoms with E-state index in [1.54, 1.807) is 0 Å². The van der Waals surface area contributed by atoms with E-state index in [0.717, 1.165) is 43.3 Å². The van der Waals surface area contributed by atoms with Crippen LogP contribution in [0, 0.1) is 11.8 Å². The third-order valence-electron chi connectivity index (χ3n) is 5.36. The minimum Gasteiger partial charge on any atom is -0.390 e. The Bertz CT molecular complexity index is 532. The summed E-state index contributed by atoms with van der Waals surface area (Å²) in [5, 5.41) is 9.81. The van der Waals surface area contributed by atoms with Gasteiger partial charge in [-0.1, -0.05) is 18.6 Å². The van der Waals surface area contributed by atoms with Gasteiger partial charge < -0.3 is 10.0 Å². The number of hydrogen-bond acceptors (Lipinski definition) is 2. The molecule has 0 radical (unpaired) electrons. The van der Waals surface area contributed by atoms with Crippen molar-refractivity contribution in [3.63, 3.8) is 0 Å². The lowest BCUT2D eigenvalue weighted by Crippen LogP contribution is -2.45. The number of fused-ring (bicyclic) bond motifs is 2. The Morgan fingerprint density at radius 3 is 2.35 bits per heavy atom. The number of aryl methyl sites for hydroxylation is 1. The van der Waals surface area contributed by atoms with Crippen LogP contribution in [0.1, 0.15) is 61.9 Å². The Kier molecular flexibility index (Phi) is 4.77. The first-order valence-electron chi connectivity index (χ1n) is 9.01. The van der Waals surface area contributed by atoms with Crippen molar-refractivity contribution in [2.24, 2.45) is 11.8 Å². The molecule has 1 aliphatic heterocycles. The number of amides is 1. The molecule has 0 aromatic heterocycles. The van der Waals surface area contributed by atoms with Crippen molar-refractivity contribution in [3.05, 3.63) is 35.4 Å². The van der Waals surface area contributed by atoms with E-state index in [0.29, 0.717) is 0 Å². The normalized spacial score (nSPS) is 24.6. The Hall–Kier alpha value is -1.35. The molecule has 1 aliphatic carbocycles. The van der Waals surface area contributed by atoms with Crippen molar-refractivity contribution in [2.45, 2.75) is 58.0 Å². The van der Waals surface area contributed by atoms with Gasteiger partial charge in [0.1, 0.15) is 0 Å². The summed E-state index contributed by atoms with van der Waals surface area (Å²) in [6, 6.07) is 7.96. The minimum atomic E-state index is -0.639. The van der Waals surface area contributed by atoms with Gasteiger partial charge in [0, 0.05) is 18.7 Å². The van der Waals surface area contributed by atoms with Crippen molar-refractivity contribution < 1.29 is 9.90 Å². The Morgan fingerprint density at radius 1 is 1.17 bits per heavy atom. The van der Waals surface area contributed by atoms with Crippen LogP contribution in [0.3, 0.4) is 0 Å². The third kappa shape index (κ3) is 4.35. The summed E-state index contributed by atoms with van der Waals surface area (Å²) in [5.41, 5.74) is 1.34. The summed E-state index contributed by atoms with van der Waals surface area (Å²) < 4.78 is 0. The van der Waals surface area contributed by atoms with Crippen LogP contribution in [0.5, 0.6) is 0 Å². The van der Waals surface area contributed by atoms with E-state index in [1.165, 1.54) is 31.2 Å². The Labute approximate surface area is 139 Å². The van der Waals surface area contributed by atoms with Gasteiger partial charge >= 0.3 is 0 Å². The van der Waals surface area contributed by atoms with Crippen LogP contribution in [0.15, 0.2) is 24.3 Å². The third-order valence-corrected chi connectivity index (χ3v) is 5.36. The van der Waals surface area contributed by atoms with Gasteiger partial charge in [-0.3, -0.25) is 4.79 Å². The molecule has 23 heavy (non-hydrogen) atoms. The Balaban J connectivity index is 1.61. The fourth-order valence-corrected chi connectivity index (χ4v) is 4.04. The van der Waals surface area contributed by atoms with Gasteiger partial charge in [0.2, 0.25) is 0 Å². The molecule has 1 aromatic carbocycles. The first-order valence-corrected chi connectivity index (χ1v) is 9.01. The summed E-state index contributed by atoms with van der Waals surface area (Å²) in [6.45, 7) is 5.54. The first kappa shape index (κ1) is 16.5. The lowest BCUT2D eigenvalue weighted by atomic mass is 9.78. The van der Waals surface area contributed by atoms with Gasteiger partial charge in [-0.25, -0.2) is 0 Å². The van der Waals surface area contributed by atoms with Gasteiger partial charge in [0.15, 0.2) is 0 Å². The smallest absolute Gasteiger partial charge is 0.253 e. The number of benzene rings is 1. The van der Waals surface area contributed by atoms with E-state index in [-0.39, 0.29) is 5.91 Å². The molecule has 1 saturated carbocycles. The van der Waals surface area contributed by atoms with Crippen LogP contribution >= 0.6 is 0 Å². The lowest BCUT2D eigenvalue weighted by Gasteiger charge is -2.41. The fourth-order valence-electron chi connectivity index (χ4n) is 4.04. The van der Waals surface area contributed by atoms with E-state index < -0.39 is 5.60 Å². The van der Waals surface area contributed by atoms with Crippen molar-refractivity contribution in [1.82, 2.24) is 4.90 Å². The highest BCUT2D eigenvalue weighted by Crippen LogP contribution is 2.34. The minimum absolute atomic E-state index is 0.190. The average Bonchev–Trinajstić information content (AvgIpc) is 2.51. The van der Waals surface area contributed by atoms with Crippen molar-refractivity contribution >= 4 is 5.91 Å². The van der Waals surface area contributed by atoms with E-state index in [2.05, 4.69) is 4.90 Å². The summed E-state index contributed by atoms with van der Waals surface area (Å²) >= 11 is 0. The van der Waals surface area contributed by atoms with Crippen molar-refractivity contribution in [2.75, 3.05) is 13.1 Å². The van der Waals surface area contributed by atoms with E-state index in [4.69, 9.17) is 0 Å². The number of aliphatic hydroxyl groups is 1. The zero-order valence-corrected chi connectivity index (χ0v) is 14.4. The highest BCUT2D eigenvalue weighted by atomic mass is 16.3. The summed E-state index contributed by atoms with van der Waals surface area (Å²) in [5.74, 6) is 1.63. The molecular weight excluding hydrogens is 286 g/mol.